The van der Waals surface area contributed by atoms with E-state index < -0.39 is 11.8 Å². The van der Waals surface area contributed by atoms with Gasteiger partial charge in [0.2, 0.25) is 0 Å². The molecular formula is C17H21N5O4. The summed E-state index contributed by atoms with van der Waals surface area (Å²) in [7, 11) is 0. The van der Waals surface area contributed by atoms with Crippen molar-refractivity contribution in [1.82, 2.24) is 20.4 Å². The van der Waals surface area contributed by atoms with Crippen molar-refractivity contribution in [1.29, 1.82) is 0 Å². The zero-order valence-electron chi connectivity index (χ0n) is 14.4. The van der Waals surface area contributed by atoms with Gasteiger partial charge in [0.15, 0.2) is 0 Å². The second-order valence-electron chi connectivity index (χ2n) is 6.06. The van der Waals surface area contributed by atoms with Gasteiger partial charge in [0.05, 0.1) is 18.3 Å². The zero-order chi connectivity index (χ0) is 18.5. The highest BCUT2D eigenvalue weighted by Crippen LogP contribution is 2.16. The van der Waals surface area contributed by atoms with Crippen molar-refractivity contribution in [2.45, 2.75) is 25.8 Å². The van der Waals surface area contributed by atoms with Gasteiger partial charge < -0.3 is 20.3 Å². The Balaban J connectivity index is 1.48. The molecule has 0 unspecified atom stereocenters. The van der Waals surface area contributed by atoms with Crippen LogP contribution in [0.15, 0.2) is 24.4 Å². The van der Waals surface area contributed by atoms with E-state index in [4.69, 9.17) is 4.74 Å². The first-order valence-electron chi connectivity index (χ1n) is 8.53. The van der Waals surface area contributed by atoms with Crippen molar-refractivity contribution < 1.29 is 19.1 Å². The summed E-state index contributed by atoms with van der Waals surface area (Å²) in [5.74, 6) is -1.42. The van der Waals surface area contributed by atoms with E-state index in [1.807, 2.05) is 0 Å². The molecule has 2 heterocycles. The first-order valence-corrected chi connectivity index (χ1v) is 8.53. The van der Waals surface area contributed by atoms with Gasteiger partial charge in [-0.15, -0.1) is 0 Å². The number of nitrogens with one attached hydrogen (secondary N) is 3. The van der Waals surface area contributed by atoms with Crippen LogP contribution in [0.25, 0.3) is 10.9 Å². The molecular weight excluding hydrogens is 338 g/mol. The van der Waals surface area contributed by atoms with Gasteiger partial charge in [-0.3, -0.25) is 14.7 Å². The zero-order valence-corrected chi connectivity index (χ0v) is 14.4. The van der Waals surface area contributed by atoms with Crippen molar-refractivity contribution in [2.75, 3.05) is 25.0 Å². The third-order valence-electron chi connectivity index (χ3n) is 4.26. The van der Waals surface area contributed by atoms with Crippen LogP contribution in [0.5, 0.6) is 0 Å². The van der Waals surface area contributed by atoms with Crippen LogP contribution >= 0.6 is 0 Å². The lowest BCUT2D eigenvalue weighted by Gasteiger charge is -2.31. The Kier molecular flexibility index (Phi) is 5.35. The number of benzene rings is 1. The summed E-state index contributed by atoms with van der Waals surface area (Å²) in [4.78, 5) is 37.4. The number of anilines is 1. The third-order valence-corrected chi connectivity index (χ3v) is 4.26. The average Bonchev–Trinajstić information content (AvgIpc) is 3.10. The Bertz CT molecular complexity index is 810. The largest absolute Gasteiger partial charge is 0.450 e. The van der Waals surface area contributed by atoms with Gasteiger partial charge in [-0.05, 0) is 38.0 Å². The summed E-state index contributed by atoms with van der Waals surface area (Å²) in [5, 5.41) is 12.9. The Morgan fingerprint density at radius 1 is 1.27 bits per heavy atom. The first-order chi connectivity index (χ1) is 12.6. The summed E-state index contributed by atoms with van der Waals surface area (Å²) in [6, 6.07) is 5.08. The molecule has 1 aliphatic rings. The van der Waals surface area contributed by atoms with E-state index >= 15 is 0 Å². The van der Waals surface area contributed by atoms with Crippen LogP contribution in [-0.4, -0.2) is 58.7 Å². The summed E-state index contributed by atoms with van der Waals surface area (Å²) < 4.78 is 4.96. The summed E-state index contributed by atoms with van der Waals surface area (Å²) in [5.41, 5.74) is 1.29. The molecule has 9 heteroatoms. The highest BCUT2D eigenvalue weighted by molar-refractivity contribution is 6.39. The van der Waals surface area contributed by atoms with Crippen LogP contribution in [0.4, 0.5) is 10.5 Å². The van der Waals surface area contributed by atoms with Gasteiger partial charge in [0, 0.05) is 30.2 Å². The van der Waals surface area contributed by atoms with Crippen molar-refractivity contribution in [3.8, 4) is 0 Å². The number of aromatic amines is 1. The van der Waals surface area contributed by atoms with Gasteiger partial charge in [0.1, 0.15) is 0 Å². The number of hydrogen-bond acceptors (Lipinski definition) is 5. The fraction of sp³-hybridized carbons (Fsp3) is 0.412. The van der Waals surface area contributed by atoms with Gasteiger partial charge in [-0.1, -0.05) is 0 Å². The van der Waals surface area contributed by atoms with E-state index in [0.29, 0.717) is 38.2 Å². The number of carbonyl (C=O) groups excluding carboxylic acids is 3. The van der Waals surface area contributed by atoms with E-state index in [2.05, 4.69) is 20.8 Å². The molecule has 0 atom stereocenters. The maximum Gasteiger partial charge on any atom is 0.409 e. The van der Waals surface area contributed by atoms with Crippen LogP contribution in [0.1, 0.15) is 19.8 Å². The van der Waals surface area contributed by atoms with E-state index in [0.717, 1.165) is 10.9 Å². The maximum absolute atomic E-state index is 12.1. The van der Waals surface area contributed by atoms with Gasteiger partial charge >= 0.3 is 17.9 Å². The number of likely N-dealkylation sites (tertiary alicyclic amines) is 1. The molecule has 1 aromatic heterocycles. The van der Waals surface area contributed by atoms with Crippen molar-refractivity contribution in [2.24, 2.45) is 0 Å². The Morgan fingerprint density at radius 3 is 2.77 bits per heavy atom. The number of ether oxygens (including phenoxy) is 1. The molecule has 3 N–H and O–H groups in total. The number of aromatic nitrogens is 2. The van der Waals surface area contributed by atoms with Gasteiger partial charge in [-0.25, -0.2) is 4.79 Å². The monoisotopic (exact) mass is 359 g/mol. The number of nitrogens with zero attached hydrogens (tertiary/aromatic N) is 2. The minimum absolute atomic E-state index is 0.144. The highest BCUT2D eigenvalue weighted by Gasteiger charge is 2.26. The lowest BCUT2D eigenvalue weighted by molar-refractivity contribution is -0.136. The molecule has 3 rings (SSSR count). The quantitative estimate of drug-likeness (QED) is 0.713. The normalized spacial score (nSPS) is 14.9. The molecule has 3 amide bonds. The molecule has 1 aromatic carbocycles. The van der Waals surface area contributed by atoms with Crippen LogP contribution < -0.4 is 10.6 Å². The van der Waals surface area contributed by atoms with Crippen LogP contribution in [-0.2, 0) is 14.3 Å². The number of carbonyl (C=O) groups is 3. The van der Waals surface area contributed by atoms with Crippen LogP contribution in [0, 0.1) is 0 Å². The number of amides is 3. The predicted molar refractivity (Wildman–Crippen MR) is 94.5 cm³/mol. The molecule has 26 heavy (non-hydrogen) atoms. The number of hydrogen-bond donors (Lipinski definition) is 3. The first kappa shape index (κ1) is 17.7. The molecule has 0 aliphatic carbocycles. The van der Waals surface area contributed by atoms with E-state index in [9.17, 15) is 14.4 Å². The predicted octanol–water partition coefficient (Wildman–Crippen LogP) is 1.24. The lowest BCUT2D eigenvalue weighted by Crippen LogP contribution is -2.49. The van der Waals surface area contributed by atoms with Gasteiger partial charge in [0.25, 0.3) is 0 Å². The summed E-state index contributed by atoms with van der Waals surface area (Å²) in [6.07, 6.45) is 2.50. The SMILES string of the molecule is CCOC(=O)N1CCC(NC(=O)C(=O)Nc2ccc3cn[nH]c3c2)CC1. The number of fused-ring (bicyclic) bond motifs is 1. The second-order valence-corrected chi connectivity index (χ2v) is 6.06. The van der Waals surface area contributed by atoms with Crippen LogP contribution in [0.2, 0.25) is 0 Å². The third kappa shape index (κ3) is 4.11. The molecule has 0 saturated carbocycles. The molecule has 0 radical (unpaired) electrons. The van der Waals surface area contributed by atoms with E-state index in [-0.39, 0.29) is 12.1 Å². The fourth-order valence-electron chi connectivity index (χ4n) is 2.87. The highest BCUT2D eigenvalue weighted by atomic mass is 16.6. The molecule has 1 saturated heterocycles. The second kappa shape index (κ2) is 7.85. The molecule has 9 nitrogen and oxygen atoms in total. The topological polar surface area (TPSA) is 116 Å². The Morgan fingerprint density at radius 2 is 2.04 bits per heavy atom. The smallest absolute Gasteiger partial charge is 0.409 e. The van der Waals surface area contributed by atoms with E-state index in [1.54, 1.807) is 36.2 Å². The summed E-state index contributed by atoms with van der Waals surface area (Å²) in [6.45, 7) is 3.07. The fourth-order valence-corrected chi connectivity index (χ4v) is 2.87. The molecule has 2 aromatic rings. The van der Waals surface area contributed by atoms with Crippen LogP contribution in [0.3, 0.4) is 0 Å². The number of rotatable bonds is 3. The lowest BCUT2D eigenvalue weighted by atomic mass is 10.1. The molecule has 0 bridgehead atoms. The Hall–Kier alpha value is -3.10. The number of piperidine rings is 1. The van der Waals surface area contributed by atoms with Gasteiger partial charge in [-0.2, -0.15) is 5.10 Å². The molecule has 1 fully saturated rings. The summed E-state index contributed by atoms with van der Waals surface area (Å²) >= 11 is 0. The van der Waals surface area contributed by atoms with Crippen molar-refractivity contribution in [3.05, 3.63) is 24.4 Å². The van der Waals surface area contributed by atoms with E-state index in [1.165, 1.54) is 0 Å². The maximum atomic E-state index is 12.1. The van der Waals surface area contributed by atoms with Crippen molar-refractivity contribution in [3.63, 3.8) is 0 Å². The molecule has 0 spiro atoms. The minimum atomic E-state index is -0.725. The minimum Gasteiger partial charge on any atom is -0.450 e. The van der Waals surface area contributed by atoms with Crippen molar-refractivity contribution >= 4 is 34.5 Å². The molecule has 138 valence electrons. The average molecular weight is 359 g/mol. The molecule has 1 aliphatic heterocycles. The number of H-pyrrole nitrogens is 1. The Labute approximate surface area is 150 Å². The standard InChI is InChI=1S/C17H21N5O4/c1-2-26-17(25)22-7-5-12(6-8-22)19-15(23)16(24)20-13-4-3-11-10-18-21-14(11)9-13/h3-4,9-10,12H,2,5-8H2,1H3,(H,18,21)(H,19,23)(H,20,24).